The lowest BCUT2D eigenvalue weighted by molar-refractivity contribution is 0.201. The van der Waals surface area contributed by atoms with Gasteiger partial charge in [0.15, 0.2) is 0 Å². The Bertz CT molecular complexity index is 489. The summed E-state index contributed by atoms with van der Waals surface area (Å²) in [5, 5.41) is 3.40. The molecule has 0 saturated carbocycles. The number of fused-ring (bicyclic) bond motifs is 1. The summed E-state index contributed by atoms with van der Waals surface area (Å²) in [5.74, 6) is 1.12. The molecule has 0 atom stereocenters. The van der Waals surface area contributed by atoms with Crippen molar-refractivity contribution in [2.75, 3.05) is 52.9 Å². The summed E-state index contributed by atoms with van der Waals surface area (Å²) in [4.78, 5) is 4.93. The number of nitrogens with zero attached hydrogens (tertiary/aromatic N) is 2. The molecular weight excluding hydrogens is 330 g/mol. The van der Waals surface area contributed by atoms with E-state index in [4.69, 9.17) is 4.74 Å². The van der Waals surface area contributed by atoms with Gasteiger partial charge < -0.3 is 15.0 Å². The fourth-order valence-corrected chi connectivity index (χ4v) is 3.63. The molecule has 2 heterocycles. The van der Waals surface area contributed by atoms with Crippen LogP contribution in [0.3, 0.4) is 0 Å². The first-order chi connectivity index (χ1) is 10.2. The minimum Gasteiger partial charge on any atom is -0.493 e. The van der Waals surface area contributed by atoms with Crippen molar-refractivity contribution in [3.8, 4) is 5.75 Å². The van der Waals surface area contributed by atoms with Crippen LogP contribution in [0.2, 0.25) is 0 Å². The smallest absolute Gasteiger partial charge is 0.127 e. The Kier molecular flexibility index (Phi) is 5.16. The minimum atomic E-state index is 0.823. The largest absolute Gasteiger partial charge is 0.493 e. The van der Waals surface area contributed by atoms with Crippen molar-refractivity contribution in [3.63, 3.8) is 0 Å². The van der Waals surface area contributed by atoms with Gasteiger partial charge in [0, 0.05) is 62.3 Å². The Labute approximate surface area is 135 Å². The molecule has 0 spiro atoms. The predicted molar refractivity (Wildman–Crippen MR) is 89.0 cm³/mol. The van der Waals surface area contributed by atoms with E-state index in [0.717, 1.165) is 56.0 Å². The summed E-state index contributed by atoms with van der Waals surface area (Å²) in [6, 6.07) is 4.39. The fourth-order valence-electron chi connectivity index (χ4n) is 3.08. The van der Waals surface area contributed by atoms with Gasteiger partial charge in [0.05, 0.1) is 6.61 Å². The first-order valence-electron chi connectivity index (χ1n) is 7.78. The van der Waals surface area contributed by atoms with Gasteiger partial charge in [-0.15, -0.1) is 0 Å². The van der Waals surface area contributed by atoms with Crippen molar-refractivity contribution in [1.82, 2.24) is 15.1 Å². The molecule has 0 aliphatic carbocycles. The van der Waals surface area contributed by atoms with Crippen LogP contribution in [0.15, 0.2) is 16.6 Å². The first kappa shape index (κ1) is 15.3. The lowest BCUT2D eigenvalue weighted by Gasteiger charge is -2.29. The maximum Gasteiger partial charge on any atom is 0.127 e. The van der Waals surface area contributed by atoms with Gasteiger partial charge in [-0.3, -0.25) is 4.90 Å². The van der Waals surface area contributed by atoms with E-state index in [2.05, 4.69) is 50.2 Å². The number of nitrogens with one attached hydrogen (secondary N) is 1. The lowest BCUT2D eigenvalue weighted by atomic mass is 10.1. The zero-order valence-corrected chi connectivity index (χ0v) is 14.3. The predicted octanol–water partition coefficient (Wildman–Crippen LogP) is 1.72. The Morgan fingerprint density at radius 2 is 2.14 bits per heavy atom. The highest BCUT2D eigenvalue weighted by Crippen LogP contribution is 2.33. The highest BCUT2D eigenvalue weighted by Gasteiger charge is 2.18. The molecule has 3 rings (SSSR count). The molecule has 116 valence electrons. The van der Waals surface area contributed by atoms with Gasteiger partial charge in [0.25, 0.3) is 0 Å². The van der Waals surface area contributed by atoms with Crippen LogP contribution in [0, 0.1) is 0 Å². The number of hydrogen-bond acceptors (Lipinski definition) is 4. The summed E-state index contributed by atoms with van der Waals surface area (Å²) in [5.41, 5.74) is 2.65. The van der Waals surface area contributed by atoms with Crippen LogP contribution < -0.4 is 10.1 Å². The Morgan fingerprint density at radius 1 is 1.33 bits per heavy atom. The topological polar surface area (TPSA) is 27.7 Å². The molecule has 1 aromatic carbocycles. The summed E-state index contributed by atoms with van der Waals surface area (Å²) >= 11 is 3.62. The zero-order valence-electron chi connectivity index (χ0n) is 12.7. The van der Waals surface area contributed by atoms with Gasteiger partial charge >= 0.3 is 0 Å². The van der Waals surface area contributed by atoms with Gasteiger partial charge in [-0.05, 0) is 24.7 Å². The van der Waals surface area contributed by atoms with Gasteiger partial charge in [-0.25, -0.2) is 0 Å². The van der Waals surface area contributed by atoms with Crippen LogP contribution in [0.25, 0.3) is 0 Å². The number of piperazine rings is 1. The van der Waals surface area contributed by atoms with Gasteiger partial charge in [0.2, 0.25) is 0 Å². The second kappa shape index (κ2) is 7.09. The van der Waals surface area contributed by atoms with E-state index in [1.165, 1.54) is 24.2 Å². The number of likely N-dealkylation sites (N-methyl/N-ethyl adjacent to an activating group) is 1. The molecule has 1 N–H and O–H groups in total. The van der Waals surface area contributed by atoms with Crippen molar-refractivity contribution in [2.24, 2.45) is 0 Å². The summed E-state index contributed by atoms with van der Waals surface area (Å²) in [6.45, 7) is 8.60. The molecule has 5 heteroatoms. The van der Waals surface area contributed by atoms with E-state index < -0.39 is 0 Å². The van der Waals surface area contributed by atoms with Crippen molar-refractivity contribution < 1.29 is 4.74 Å². The fraction of sp³-hybridized carbons (Fsp3) is 0.625. The van der Waals surface area contributed by atoms with E-state index >= 15 is 0 Å². The number of ether oxygens (including phenoxy) is 1. The molecule has 1 saturated heterocycles. The number of hydrogen-bond donors (Lipinski definition) is 1. The van der Waals surface area contributed by atoms with Gasteiger partial charge in [-0.2, -0.15) is 0 Å². The molecule has 0 unspecified atom stereocenters. The average Bonchev–Trinajstić information content (AvgIpc) is 2.94. The maximum absolute atomic E-state index is 5.81. The molecule has 0 radical (unpaired) electrons. The Balaban J connectivity index is 1.56. The highest BCUT2D eigenvalue weighted by molar-refractivity contribution is 9.10. The Morgan fingerprint density at radius 3 is 2.95 bits per heavy atom. The maximum atomic E-state index is 5.81. The van der Waals surface area contributed by atoms with Crippen molar-refractivity contribution in [2.45, 2.75) is 13.0 Å². The van der Waals surface area contributed by atoms with Crippen LogP contribution >= 0.6 is 15.9 Å². The van der Waals surface area contributed by atoms with E-state index in [1.807, 2.05) is 0 Å². The van der Waals surface area contributed by atoms with Crippen LogP contribution in [-0.2, 0) is 13.0 Å². The Hall–Kier alpha value is -0.620. The third-order valence-corrected chi connectivity index (χ3v) is 4.73. The molecule has 2 aliphatic heterocycles. The van der Waals surface area contributed by atoms with Crippen LogP contribution in [0.1, 0.15) is 11.1 Å². The molecule has 0 amide bonds. The quantitative estimate of drug-likeness (QED) is 0.872. The van der Waals surface area contributed by atoms with E-state index in [1.54, 1.807) is 0 Å². The second-order valence-electron chi connectivity index (χ2n) is 5.98. The molecule has 4 nitrogen and oxygen atoms in total. The third-order valence-electron chi connectivity index (χ3n) is 4.27. The average molecular weight is 354 g/mol. The second-order valence-corrected chi connectivity index (χ2v) is 6.90. The first-order valence-corrected chi connectivity index (χ1v) is 8.57. The number of halogens is 1. The zero-order chi connectivity index (χ0) is 14.7. The van der Waals surface area contributed by atoms with E-state index in [9.17, 15) is 0 Å². The van der Waals surface area contributed by atoms with E-state index in [-0.39, 0.29) is 0 Å². The van der Waals surface area contributed by atoms with Gasteiger partial charge in [-0.1, -0.05) is 15.9 Å². The highest BCUT2D eigenvalue weighted by atomic mass is 79.9. The van der Waals surface area contributed by atoms with Crippen LogP contribution in [-0.4, -0.2) is 62.7 Å². The summed E-state index contributed by atoms with van der Waals surface area (Å²) in [6.07, 6.45) is 1.03. The van der Waals surface area contributed by atoms with Crippen LogP contribution in [0.5, 0.6) is 5.75 Å². The summed E-state index contributed by atoms with van der Waals surface area (Å²) < 4.78 is 6.98. The van der Waals surface area contributed by atoms with Crippen molar-refractivity contribution >= 4 is 15.9 Å². The van der Waals surface area contributed by atoms with Gasteiger partial charge in [0.1, 0.15) is 5.75 Å². The molecule has 0 aromatic heterocycles. The van der Waals surface area contributed by atoms with Crippen molar-refractivity contribution in [3.05, 3.63) is 27.7 Å². The molecule has 1 fully saturated rings. The molecule has 21 heavy (non-hydrogen) atoms. The number of benzene rings is 1. The van der Waals surface area contributed by atoms with Crippen molar-refractivity contribution in [1.29, 1.82) is 0 Å². The normalized spacial score (nSPS) is 18.8. The SMILES string of the molecule is CN(CCN1CCNCC1)Cc1cc(Br)cc2c1OCC2. The number of rotatable bonds is 5. The summed E-state index contributed by atoms with van der Waals surface area (Å²) in [7, 11) is 2.20. The molecule has 0 bridgehead atoms. The minimum absolute atomic E-state index is 0.823. The molecule has 1 aromatic rings. The van der Waals surface area contributed by atoms with Crippen LogP contribution in [0.4, 0.5) is 0 Å². The lowest BCUT2D eigenvalue weighted by Crippen LogP contribution is -2.45. The van der Waals surface area contributed by atoms with E-state index in [0.29, 0.717) is 0 Å². The standard InChI is InChI=1S/C16H24BrN3O/c1-19(7-8-20-5-3-18-4-6-20)12-14-11-15(17)10-13-2-9-21-16(13)14/h10-11,18H,2-9,12H2,1H3. The molecular formula is C16H24BrN3O. The third kappa shape index (κ3) is 3.97. The molecule has 2 aliphatic rings. The monoisotopic (exact) mass is 353 g/mol.